The molecule has 0 N–H and O–H groups in total. The zero-order valence-corrected chi connectivity index (χ0v) is 20.9. The molecule has 7 heteroatoms. The van der Waals surface area contributed by atoms with Crippen LogP contribution in [0.5, 0.6) is 5.75 Å². The van der Waals surface area contributed by atoms with E-state index in [0.29, 0.717) is 10.9 Å². The zero-order valence-electron chi connectivity index (χ0n) is 20.9. The summed E-state index contributed by atoms with van der Waals surface area (Å²) in [5.74, 6) is -6.62. The maximum Gasteiger partial charge on any atom is 0.201 e. The van der Waals surface area contributed by atoms with Crippen molar-refractivity contribution in [3.8, 4) is 39.1 Å². The number of rotatable bonds is 7. The Morgan fingerprint density at radius 1 is 0.575 bits per heavy atom. The second kappa shape index (κ2) is 10.8. The predicted molar refractivity (Wildman–Crippen MR) is 146 cm³/mol. The van der Waals surface area contributed by atoms with Crippen LogP contribution in [0.1, 0.15) is 5.56 Å². The van der Waals surface area contributed by atoms with E-state index in [1.165, 1.54) is 78.9 Å². The highest BCUT2D eigenvalue weighted by Crippen LogP contribution is 2.37. The third-order valence-corrected chi connectivity index (χ3v) is 6.57. The van der Waals surface area contributed by atoms with Crippen molar-refractivity contribution in [2.45, 2.75) is 0 Å². The van der Waals surface area contributed by atoms with Crippen molar-refractivity contribution in [1.82, 2.24) is 0 Å². The van der Waals surface area contributed by atoms with Gasteiger partial charge in [0.15, 0.2) is 23.2 Å². The fraction of sp³-hybridized carbons (Fsp3) is 0.0303. The SMILES string of the molecule is C=CCOc1ccc(-c2ccc(-c3ccc(-c4ccc5cc(C=C)c(F)cc5c4F)c(F)c3F)cc2)c(F)c1F. The summed E-state index contributed by atoms with van der Waals surface area (Å²) in [6.45, 7) is 6.98. The molecule has 0 radical (unpaired) electrons. The van der Waals surface area contributed by atoms with Gasteiger partial charge in [0.05, 0.1) is 0 Å². The number of hydrogen-bond acceptors (Lipinski definition) is 1. The molecule has 0 amide bonds. The van der Waals surface area contributed by atoms with Crippen LogP contribution in [0, 0.1) is 34.9 Å². The standard InChI is InChI=1S/C33H20F6O/c1-3-15-40-28-14-13-23(31(37)33(28)39)20-7-5-19(6-8-20)22-11-12-25(32(38)30(22)36)24-10-9-21-16-18(4-2)27(34)17-26(21)29(24)35/h3-14,16-17H,1-2,15H2. The van der Waals surface area contributed by atoms with Crippen molar-refractivity contribution in [2.75, 3.05) is 6.61 Å². The average molecular weight is 547 g/mol. The molecule has 0 atom stereocenters. The first-order valence-corrected chi connectivity index (χ1v) is 12.1. The first-order valence-electron chi connectivity index (χ1n) is 12.1. The third kappa shape index (κ3) is 4.64. The predicted octanol–water partition coefficient (Wildman–Crippen LogP) is 9.88. The molecular weight excluding hydrogens is 526 g/mol. The van der Waals surface area contributed by atoms with Gasteiger partial charge in [-0.15, -0.1) is 0 Å². The lowest BCUT2D eigenvalue weighted by Crippen LogP contribution is -1.99. The number of halogens is 6. The maximum absolute atomic E-state index is 15.3. The number of ether oxygens (including phenoxy) is 1. The van der Waals surface area contributed by atoms with Gasteiger partial charge in [0.1, 0.15) is 18.2 Å². The lowest BCUT2D eigenvalue weighted by molar-refractivity contribution is 0.333. The fourth-order valence-electron chi connectivity index (χ4n) is 4.52. The molecule has 0 aliphatic carbocycles. The molecule has 0 fully saturated rings. The van der Waals surface area contributed by atoms with E-state index >= 15 is 13.2 Å². The van der Waals surface area contributed by atoms with Crippen LogP contribution in [0.25, 0.3) is 50.2 Å². The largest absolute Gasteiger partial charge is 0.486 e. The molecule has 0 saturated heterocycles. The van der Waals surface area contributed by atoms with Crippen LogP contribution < -0.4 is 4.74 Å². The van der Waals surface area contributed by atoms with Crippen molar-refractivity contribution in [3.63, 3.8) is 0 Å². The minimum absolute atomic E-state index is 0.00788. The fourth-order valence-corrected chi connectivity index (χ4v) is 4.52. The first kappa shape index (κ1) is 26.8. The Bertz CT molecular complexity index is 1790. The molecule has 0 aliphatic rings. The van der Waals surface area contributed by atoms with Crippen molar-refractivity contribution in [3.05, 3.63) is 132 Å². The molecule has 5 rings (SSSR count). The zero-order chi connectivity index (χ0) is 28.6. The van der Waals surface area contributed by atoms with Crippen LogP contribution in [0.4, 0.5) is 26.3 Å². The summed E-state index contributed by atoms with van der Waals surface area (Å²) in [7, 11) is 0. The van der Waals surface area contributed by atoms with E-state index in [-0.39, 0.29) is 51.1 Å². The van der Waals surface area contributed by atoms with E-state index in [1.54, 1.807) is 0 Å². The van der Waals surface area contributed by atoms with E-state index in [9.17, 15) is 13.2 Å². The molecule has 0 aromatic heterocycles. The molecule has 1 nitrogen and oxygen atoms in total. The molecule has 200 valence electrons. The van der Waals surface area contributed by atoms with Gasteiger partial charge in [0.25, 0.3) is 0 Å². The van der Waals surface area contributed by atoms with Crippen LogP contribution in [0.3, 0.4) is 0 Å². The van der Waals surface area contributed by atoms with Crippen LogP contribution in [0.2, 0.25) is 0 Å². The minimum atomic E-state index is -1.29. The normalized spacial score (nSPS) is 11.1. The molecule has 5 aromatic rings. The van der Waals surface area contributed by atoms with Crippen LogP contribution >= 0.6 is 0 Å². The van der Waals surface area contributed by atoms with Gasteiger partial charge >= 0.3 is 0 Å². The minimum Gasteiger partial charge on any atom is -0.486 e. The average Bonchev–Trinajstić information content (AvgIpc) is 2.96. The second-order valence-electron chi connectivity index (χ2n) is 8.93. The maximum atomic E-state index is 15.3. The third-order valence-electron chi connectivity index (χ3n) is 6.57. The molecular formula is C33H20F6O. The van der Waals surface area contributed by atoms with Gasteiger partial charge in [0, 0.05) is 33.2 Å². The number of fused-ring (bicyclic) bond motifs is 1. The monoisotopic (exact) mass is 546 g/mol. The van der Waals surface area contributed by atoms with Crippen molar-refractivity contribution >= 4 is 16.8 Å². The lowest BCUT2D eigenvalue weighted by Gasteiger charge is -2.13. The molecule has 0 bridgehead atoms. The summed E-state index contributed by atoms with van der Waals surface area (Å²) in [5.41, 5.74) is 0.0384. The smallest absolute Gasteiger partial charge is 0.201 e. The van der Waals surface area contributed by atoms with Gasteiger partial charge in [-0.2, -0.15) is 4.39 Å². The van der Waals surface area contributed by atoms with E-state index < -0.39 is 34.9 Å². The Labute approximate surface area is 226 Å². The molecule has 0 aliphatic heterocycles. The van der Waals surface area contributed by atoms with E-state index in [2.05, 4.69) is 13.2 Å². The Morgan fingerprint density at radius 2 is 1.10 bits per heavy atom. The van der Waals surface area contributed by atoms with Crippen molar-refractivity contribution < 1.29 is 31.1 Å². The molecule has 0 unspecified atom stereocenters. The van der Waals surface area contributed by atoms with Crippen LogP contribution in [-0.4, -0.2) is 6.61 Å². The van der Waals surface area contributed by atoms with E-state index in [4.69, 9.17) is 4.74 Å². The van der Waals surface area contributed by atoms with Crippen LogP contribution in [0.15, 0.2) is 92.0 Å². The molecule has 40 heavy (non-hydrogen) atoms. The van der Waals surface area contributed by atoms with Crippen molar-refractivity contribution in [2.24, 2.45) is 0 Å². The molecule has 0 saturated carbocycles. The highest BCUT2D eigenvalue weighted by molar-refractivity contribution is 5.90. The van der Waals surface area contributed by atoms with Gasteiger partial charge in [-0.05, 0) is 40.8 Å². The summed E-state index contributed by atoms with van der Waals surface area (Å²) in [5, 5.41) is 0.300. The lowest BCUT2D eigenvalue weighted by atomic mass is 9.95. The number of benzene rings is 5. The van der Waals surface area contributed by atoms with Gasteiger partial charge in [-0.25, -0.2) is 22.0 Å². The summed E-state index contributed by atoms with van der Waals surface area (Å²) < 4.78 is 94.2. The highest BCUT2D eigenvalue weighted by Gasteiger charge is 2.21. The molecule has 5 aromatic carbocycles. The summed E-state index contributed by atoms with van der Waals surface area (Å²) in [4.78, 5) is 0. The quantitative estimate of drug-likeness (QED) is 0.146. The highest BCUT2D eigenvalue weighted by atomic mass is 19.2. The topological polar surface area (TPSA) is 9.23 Å². The Hall–Kier alpha value is -4.78. The van der Waals surface area contributed by atoms with E-state index in [1.807, 2.05) is 0 Å². The summed E-state index contributed by atoms with van der Waals surface area (Å²) in [6, 6.07) is 16.1. The summed E-state index contributed by atoms with van der Waals surface area (Å²) in [6.07, 6.45) is 2.70. The Kier molecular flexibility index (Phi) is 7.22. The second-order valence-corrected chi connectivity index (χ2v) is 8.93. The van der Waals surface area contributed by atoms with Gasteiger partial charge in [0.2, 0.25) is 5.82 Å². The number of hydrogen-bond donors (Lipinski definition) is 0. The van der Waals surface area contributed by atoms with Crippen molar-refractivity contribution in [1.29, 1.82) is 0 Å². The van der Waals surface area contributed by atoms with Gasteiger partial charge in [-0.3, -0.25) is 0 Å². The van der Waals surface area contributed by atoms with Crippen LogP contribution in [-0.2, 0) is 0 Å². The summed E-state index contributed by atoms with van der Waals surface area (Å²) >= 11 is 0. The van der Waals surface area contributed by atoms with E-state index in [0.717, 1.165) is 6.07 Å². The Morgan fingerprint density at radius 3 is 1.73 bits per heavy atom. The Balaban J connectivity index is 1.49. The molecule has 0 heterocycles. The van der Waals surface area contributed by atoms with Gasteiger partial charge < -0.3 is 4.74 Å². The molecule has 0 spiro atoms. The first-order chi connectivity index (χ1) is 19.2. The van der Waals surface area contributed by atoms with Gasteiger partial charge in [-0.1, -0.05) is 73.8 Å².